The number of aromatic nitrogens is 1. The average Bonchev–Trinajstić information content (AvgIpc) is 3.54. The Bertz CT molecular complexity index is 1230. The molecule has 1 aromatic heterocycles. The van der Waals surface area contributed by atoms with E-state index in [0.717, 1.165) is 44.6 Å². The molecule has 2 saturated carbocycles. The summed E-state index contributed by atoms with van der Waals surface area (Å²) >= 11 is 0. The van der Waals surface area contributed by atoms with Crippen LogP contribution in [-0.2, 0) is 9.84 Å². The minimum absolute atomic E-state index is 0.0391. The average molecular weight is 511 g/mol. The first-order valence-electron chi connectivity index (χ1n) is 13.2. The van der Waals surface area contributed by atoms with Gasteiger partial charge >= 0.3 is 0 Å². The van der Waals surface area contributed by atoms with Gasteiger partial charge in [-0.15, -0.1) is 0 Å². The fourth-order valence-corrected chi connectivity index (χ4v) is 7.10. The number of nitrogens with one attached hydrogen (secondary N) is 2. The molecule has 7 nitrogen and oxygen atoms in total. The normalized spacial score (nSPS) is 19.6. The van der Waals surface area contributed by atoms with Gasteiger partial charge in [-0.1, -0.05) is 26.8 Å². The van der Waals surface area contributed by atoms with Crippen molar-refractivity contribution >= 4 is 33.1 Å². The van der Waals surface area contributed by atoms with E-state index < -0.39 is 9.84 Å². The minimum Gasteiger partial charge on any atom is -0.367 e. The number of sulfone groups is 1. The third-order valence-corrected chi connectivity index (χ3v) is 9.95. The molecule has 2 N–H and O–H groups in total. The third kappa shape index (κ3) is 5.69. The van der Waals surface area contributed by atoms with Crippen molar-refractivity contribution in [2.75, 3.05) is 34.4 Å². The molecule has 1 aliphatic heterocycles. The first-order valence-corrected chi connectivity index (χ1v) is 14.8. The number of benzene rings is 1. The van der Waals surface area contributed by atoms with Crippen LogP contribution in [0.2, 0.25) is 0 Å². The lowest BCUT2D eigenvalue weighted by Crippen LogP contribution is -2.36. The second kappa shape index (κ2) is 9.36. The first kappa shape index (κ1) is 25.1. The highest BCUT2D eigenvalue weighted by atomic mass is 32.2. The van der Waals surface area contributed by atoms with Gasteiger partial charge in [0.1, 0.15) is 11.6 Å². The standard InChI is InChI=1S/C28H38N4O3S/c1-27(2,3)19-36(34,35)22-9-5-8-21(18-22)30-26(33)23-10-11-24(29-20-6-4-7-20)31-25(23)32-16-14-28(12-13-28)15-17-32/h5,8-11,18,20H,4,6-7,12-17,19H2,1-3H3,(H,29,31)(H,30,33). The summed E-state index contributed by atoms with van der Waals surface area (Å²) in [5, 5.41) is 6.44. The zero-order chi connectivity index (χ0) is 25.6. The highest BCUT2D eigenvalue weighted by molar-refractivity contribution is 7.91. The molecule has 1 spiro atoms. The lowest BCUT2D eigenvalue weighted by molar-refractivity contribution is 0.102. The molecule has 0 radical (unpaired) electrons. The lowest BCUT2D eigenvalue weighted by atomic mass is 9.93. The maximum atomic E-state index is 13.5. The summed E-state index contributed by atoms with van der Waals surface area (Å²) in [5.74, 6) is 1.29. The van der Waals surface area contributed by atoms with Gasteiger partial charge in [0.25, 0.3) is 5.91 Å². The van der Waals surface area contributed by atoms with Crippen LogP contribution in [0.3, 0.4) is 0 Å². The second-order valence-electron chi connectivity index (χ2n) is 12.1. The predicted molar refractivity (Wildman–Crippen MR) is 145 cm³/mol. The number of amides is 1. The molecule has 194 valence electrons. The quantitative estimate of drug-likeness (QED) is 0.511. The Labute approximate surface area is 215 Å². The van der Waals surface area contributed by atoms with Gasteiger partial charge in [0.05, 0.1) is 16.2 Å². The Morgan fingerprint density at radius 1 is 1.08 bits per heavy atom. The number of piperidine rings is 1. The van der Waals surface area contributed by atoms with E-state index in [2.05, 4.69) is 15.5 Å². The topological polar surface area (TPSA) is 91.4 Å². The Morgan fingerprint density at radius 2 is 1.81 bits per heavy atom. The molecule has 36 heavy (non-hydrogen) atoms. The van der Waals surface area contributed by atoms with Gasteiger partial charge in [0.15, 0.2) is 9.84 Å². The summed E-state index contributed by atoms with van der Waals surface area (Å²) in [6, 6.07) is 10.7. The summed E-state index contributed by atoms with van der Waals surface area (Å²) in [4.78, 5) is 20.8. The SMILES string of the molecule is CC(C)(C)CS(=O)(=O)c1cccc(NC(=O)c2ccc(NC3CCC3)nc2N2CCC3(CC2)CC3)c1. The smallest absolute Gasteiger partial charge is 0.259 e. The number of hydrogen-bond acceptors (Lipinski definition) is 6. The van der Waals surface area contributed by atoms with Crippen LogP contribution in [0.25, 0.3) is 0 Å². The van der Waals surface area contributed by atoms with Crippen molar-refractivity contribution in [3.05, 3.63) is 42.0 Å². The van der Waals surface area contributed by atoms with Crippen molar-refractivity contribution in [1.82, 2.24) is 4.98 Å². The second-order valence-corrected chi connectivity index (χ2v) is 14.1. The Morgan fingerprint density at radius 3 is 2.42 bits per heavy atom. The van der Waals surface area contributed by atoms with Gasteiger partial charge < -0.3 is 15.5 Å². The number of anilines is 3. The fraction of sp³-hybridized carbons (Fsp3) is 0.571. The molecule has 0 unspecified atom stereocenters. The largest absolute Gasteiger partial charge is 0.367 e. The van der Waals surface area contributed by atoms with Crippen molar-refractivity contribution < 1.29 is 13.2 Å². The predicted octanol–water partition coefficient (Wildman–Crippen LogP) is 5.50. The van der Waals surface area contributed by atoms with Crippen LogP contribution < -0.4 is 15.5 Å². The number of hydrogen-bond donors (Lipinski definition) is 2. The monoisotopic (exact) mass is 510 g/mol. The van der Waals surface area contributed by atoms with Crippen molar-refractivity contribution in [2.24, 2.45) is 10.8 Å². The molecule has 0 atom stereocenters. The molecule has 8 heteroatoms. The van der Waals surface area contributed by atoms with Crippen molar-refractivity contribution in [1.29, 1.82) is 0 Å². The van der Waals surface area contributed by atoms with Crippen molar-refractivity contribution in [3.8, 4) is 0 Å². The van der Waals surface area contributed by atoms with E-state index >= 15 is 0 Å². The van der Waals surface area contributed by atoms with Gasteiger partial charge in [0, 0.05) is 24.8 Å². The number of carbonyl (C=O) groups excluding carboxylic acids is 1. The van der Waals surface area contributed by atoms with E-state index in [1.165, 1.54) is 19.3 Å². The molecule has 1 amide bonds. The maximum Gasteiger partial charge on any atom is 0.259 e. The molecule has 5 rings (SSSR count). The van der Waals surface area contributed by atoms with Crippen molar-refractivity contribution in [3.63, 3.8) is 0 Å². The molecule has 1 aromatic carbocycles. The van der Waals surface area contributed by atoms with Crippen LogP contribution in [0.4, 0.5) is 17.3 Å². The number of carbonyl (C=O) groups is 1. The van der Waals surface area contributed by atoms with Gasteiger partial charge in [-0.3, -0.25) is 4.79 Å². The Kier molecular flexibility index (Phi) is 6.52. The van der Waals surface area contributed by atoms with Crippen LogP contribution in [0.1, 0.15) is 76.1 Å². The van der Waals surface area contributed by atoms with Gasteiger partial charge in [0.2, 0.25) is 0 Å². The van der Waals surface area contributed by atoms with Crippen LogP contribution >= 0.6 is 0 Å². The summed E-state index contributed by atoms with van der Waals surface area (Å²) in [6.07, 6.45) is 8.47. The van der Waals surface area contributed by atoms with Crippen LogP contribution in [-0.4, -0.2) is 44.2 Å². The molecule has 2 aliphatic carbocycles. The molecule has 3 aliphatic rings. The van der Waals surface area contributed by atoms with E-state index in [1.807, 2.05) is 32.9 Å². The number of nitrogens with zero attached hydrogens (tertiary/aromatic N) is 2. The highest BCUT2D eigenvalue weighted by Crippen LogP contribution is 2.54. The summed E-state index contributed by atoms with van der Waals surface area (Å²) in [7, 11) is -3.47. The fourth-order valence-electron chi connectivity index (χ4n) is 5.20. The van der Waals surface area contributed by atoms with Crippen LogP contribution in [0, 0.1) is 10.8 Å². The van der Waals surface area contributed by atoms with Gasteiger partial charge in [-0.05, 0) is 86.1 Å². The van der Waals surface area contributed by atoms with E-state index in [0.29, 0.717) is 28.5 Å². The number of rotatable bonds is 7. The van der Waals surface area contributed by atoms with E-state index in [9.17, 15) is 13.2 Å². The minimum atomic E-state index is -3.47. The van der Waals surface area contributed by atoms with Crippen LogP contribution in [0.15, 0.2) is 41.3 Å². The zero-order valence-corrected chi connectivity index (χ0v) is 22.5. The Hall–Kier alpha value is -2.61. The molecule has 0 bridgehead atoms. The molecule has 2 aromatic rings. The van der Waals surface area contributed by atoms with E-state index in [4.69, 9.17) is 4.98 Å². The lowest BCUT2D eigenvalue weighted by Gasteiger charge is -2.34. The first-order chi connectivity index (χ1) is 17.0. The molecule has 3 fully saturated rings. The molecular formula is C28H38N4O3S. The summed E-state index contributed by atoms with van der Waals surface area (Å²) < 4.78 is 25.8. The van der Waals surface area contributed by atoms with E-state index in [-0.39, 0.29) is 22.0 Å². The van der Waals surface area contributed by atoms with Crippen LogP contribution in [0.5, 0.6) is 0 Å². The summed E-state index contributed by atoms with van der Waals surface area (Å²) in [6.45, 7) is 7.51. The highest BCUT2D eigenvalue weighted by Gasteiger charge is 2.45. The third-order valence-electron chi connectivity index (χ3n) is 7.73. The Balaban J connectivity index is 1.38. The van der Waals surface area contributed by atoms with E-state index in [1.54, 1.807) is 24.3 Å². The molecule has 1 saturated heterocycles. The van der Waals surface area contributed by atoms with Gasteiger partial charge in [-0.2, -0.15) is 0 Å². The zero-order valence-electron chi connectivity index (χ0n) is 21.6. The molecule has 2 heterocycles. The number of pyridine rings is 1. The maximum absolute atomic E-state index is 13.5. The molecular weight excluding hydrogens is 472 g/mol. The van der Waals surface area contributed by atoms with Crippen molar-refractivity contribution in [2.45, 2.75) is 76.7 Å². The van der Waals surface area contributed by atoms with Gasteiger partial charge in [-0.25, -0.2) is 13.4 Å². The summed E-state index contributed by atoms with van der Waals surface area (Å²) in [5.41, 5.74) is 1.15.